The van der Waals surface area contributed by atoms with Gasteiger partial charge in [0.2, 0.25) is 11.7 Å². The Morgan fingerprint density at radius 1 is 1.16 bits per heavy atom. The van der Waals surface area contributed by atoms with Crippen molar-refractivity contribution in [2.75, 3.05) is 18.4 Å². The van der Waals surface area contributed by atoms with Crippen molar-refractivity contribution in [3.63, 3.8) is 0 Å². The van der Waals surface area contributed by atoms with Crippen LogP contribution in [0.3, 0.4) is 0 Å². The molecular formula is C29H30N6O2. The first-order chi connectivity index (χ1) is 18.1. The minimum absolute atomic E-state index is 0.127. The highest BCUT2D eigenvalue weighted by molar-refractivity contribution is 6.03. The van der Waals surface area contributed by atoms with Crippen LogP contribution in [-0.4, -0.2) is 44.8 Å². The molecule has 0 radical (unpaired) electrons. The Kier molecular flexibility index (Phi) is 7.41. The number of H-pyrrole nitrogens is 1. The van der Waals surface area contributed by atoms with Crippen LogP contribution in [0.1, 0.15) is 71.8 Å². The summed E-state index contributed by atoms with van der Waals surface area (Å²) in [5.41, 5.74) is 5.25. The fourth-order valence-electron chi connectivity index (χ4n) is 5.19. The summed E-state index contributed by atoms with van der Waals surface area (Å²) >= 11 is 0. The first kappa shape index (κ1) is 24.4. The molecule has 2 N–H and O–H groups in total. The van der Waals surface area contributed by atoms with E-state index in [1.54, 1.807) is 12.4 Å². The highest BCUT2D eigenvalue weighted by atomic mass is 16.2. The molecule has 2 aliphatic rings. The Hall–Kier alpha value is -4.25. The number of imidazole rings is 1. The fraction of sp³-hybridized carbons (Fsp3) is 0.345. The molecular weight excluding hydrogens is 464 g/mol. The summed E-state index contributed by atoms with van der Waals surface area (Å²) in [5, 5.41) is 3.00. The van der Waals surface area contributed by atoms with Gasteiger partial charge in [0.15, 0.2) is 0 Å². The molecule has 1 aliphatic heterocycles. The minimum atomic E-state index is -0.360. The zero-order valence-electron chi connectivity index (χ0n) is 20.7. The predicted octanol–water partition coefficient (Wildman–Crippen LogP) is 5.51. The number of nitrogens with zero attached hydrogens (tertiary/aromatic N) is 4. The summed E-state index contributed by atoms with van der Waals surface area (Å²) in [7, 11) is 0. The Morgan fingerprint density at radius 2 is 2.03 bits per heavy atom. The van der Waals surface area contributed by atoms with Gasteiger partial charge in [-0.05, 0) is 79.3 Å². The number of piperidine rings is 1. The largest absolute Gasteiger partial charge is 0.363 e. The van der Waals surface area contributed by atoms with Crippen LogP contribution in [0.15, 0.2) is 55.0 Å². The van der Waals surface area contributed by atoms with Crippen LogP contribution in [0.25, 0.3) is 10.4 Å². The number of carbonyl (C=O) groups excluding carboxylic acids is 2. The SMILES string of the molecule is [C-]#[N+]c1cnc(C(=O)Nc2ccc(C3CCN(C(=O)Cc4cccnc4)CC3)cc2C2=CCCCC2)[nH]1. The van der Waals surface area contributed by atoms with Crippen LogP contribution < -0.4 is 5.32 Å². The summed E-state index contributed by atoms with van der Waals surface area (Å²) in [5.74, 6) is 0.516. The molecule has 0 bridgehead atoms. The highest BCUT2D eigenvalue weighted by Crippen LogP contribution is 2.36. The van der Waals surface area contributed by atoms with Crippen LogP contribution in [0.4, 0.5) is 11.5 Å². The van der Waals surface area contributed by atoms with Gasteiger partial charge in [-0.1, -0.05) is 24.8 Å². The first-order valence-electron chi connectivity index (χ1n) is 12.8. The van der Waals surface area contributed by atoms with E-state index in [0.29, 0.717) is 12.3 Å². The van der Waals surface area contributed by atoms with Gasteiger partial charge in [-0.25, -0.2) is 4.98 Å². The van der Waals surface area contributed by atoms with E-state index in [1.165, 1.54) is 23.8 Å². The van der Waals surface area contributed by atoms with Crippen molar-refractivity contribution < 1.29 is 9.59 Å². The van der Waals surface area contributed by atoms with E-state index in [2.05, 4.69) is 43.3 Å². The molecule has 0 unspecified atom stereocenters. The van der Waals surface area contributed by atoms with Crippen LogP contribution in [0, 0.1) is 6.57 Å². The highest BCUT2D eigenvalue weighted by Gasteiger charge is 2.25. The minimum Gasteiger partial charge on any atom is -0.363 e. The van der Waals surface area contributed by atoms with Gasteiger partial charge in [0, 0.05) is 36.7 Å². The topological polar surface area (TPSA) is 95.3 Å². The average Bonchev–Trinajstić information content (AvgIpc) is 3.44. The van der Waals surface area contributed by atoms with Crippen molar-refractivity contribution in [1.29, 1.82) is 0 Å². The second kappa shape index (κ2) is 11.2. The number of allylic oxidation sites excluding steroid dienone is 2. The third kappa shape index (κ3) is 5.78. The van der Waals surface area contributed by atoms with E-state index in [-0.39, 0.29) is 23.5 Å². The van der Waals surface area contributed by atoms with Crippen LogP contribution >= 0.6 is 0 Å². The number of anilines is 1. The molecule has 0 spiro atoms. The van der Waals surface area contributed by atoms with Gasteiger partial charge in [-0.3, -0.25) is 19.6 Å². The van der Waals surface area contributed by atoms with E-state index in [4.69, 9.17) is 6.57 Å². The van der Waals surface area contributed by atoms with Crippen LogP contribution in [-0.2, 0) is 11.2 Å². The molecule has 1 saturated heterocycles. The van der Waals surface area contributed by atoms with Crippen molar-refractivity contribution in [3.8, 4) is 0 Å². The lowest BCUT2D eigenvalue weighted by molar-refractivity contribution is -0.131. The van der Waals surface area contributed by atoms with E-state index in [1.807, 2.05) is 23.1 Å². The Labute approximate surface area is 216 Å². The number of nitrogens with one attached hydrogen (secondary N) is 2. The number of hydrogen-bond acceptors (Lipinski definition) is 4. The van der Waals surface area contributed by atoms with Gasteiger partial charge in [0.05, 0.1) is 12.6 Å². The summed E-state index contributed by atoms with van der Waals surface area (Å²) in [4.78, 5) is 41.7. The Bertz CT molecular complexity index is 1350. The zero-order chi connectivity index (χ0) is 25.6. The summed E-state index contributed by atoms with van der Waals surface area (Å²) in [6.45, 7) is 8.56. The number of pyridine rings is 1. The molecule has 1 aliphatic carbocycles. The number of rotatable bonds is 6. The Morgan fingerprint density at radius 3 is 2.73 bits per heavy atom. The number of carbonyl (C=O) groups is 2. The zero-order valence-corrected chi connectivity index (χ0v) is 20.7. The molecule has 8 nitrogen and oxygen atoms in total. The molecule has 37 heavy (non-hydrogen) atoms. The molecule has 188 valence electrons. The normalized spacial score (nSPS) is 16.1. The van der Waals surface area contributed by atoms with Gasteiger partial charge < -0.3 is 15.1 Å². The summed E-state index contributed by atoms with van der Waals surface area (Å²) in [6.07, 6.45) is 13.7. The lowest BCUT2D eigenvalue weighted by Gasteiger charge is -2.33. The fourth-order valence-corrected chi connectivity index (χ4v) is 5.19. The molecule has 2 aromatic heterocycles. The third-order valence-corrected chi connectivity index (χ3v) is 7.22. The van der Waals surface area contributed by atoms with Crippen molar-refractivity contribution in [1.82, 2.24) is 19.9 Å². The molecule has 1 fully saturated rings. The van der Waals surface area contributed by atoms with E-state index in [9.17, 15) is 9.59 Å². The molecule has 3 aromatic rings. The number of amides is 2. The number of aromatic nitrogens is 3. The average molecular weight is 495 g/mol. The van der Waals surface area contributed by atoms with Crippen molar-refractivity contribution in [3.05, 3.63) is 88.9 Å². The quantitative estimate of drug-likeness (QED) is 0.442. The standard InChI is InChI=1S/C29H30N6O2/c1-30-26-19-32-28(34-26)29(37)33-25-10-9-23(17-24(25)22-7-3-2-4-8-22)21-11-14-35(15-12-21)27(36)16-20-6-5-13-31-18-20/h5-7,9-10,13,17-19,21H,2-4,8,11-12,14-16H2,(H,32,34)(H,33,37). The van der Waals surface area contributed by atoms with Crippen molar-refractivity contribution in [2.45, 2.75) is 50.9 Å². The smallest absolute Gasteiger partial charge is 0.314 e. The second-order valence-electron chi connectivity index (χ2n) is 9.66. The van der Waals surface area contributed by atoms with Crippen molar-refractivity contribution in [2.24, 2.45) is 0 Å². The third-order valence-electron chi connectivity index (χ3n) is 7.22. The maximum atomic E-state index is 12.8. The lowest BCUT2D eigenvalue weighted by atomic mass is 9.85. The van der Waals surface area contributed by atoms with Crippen LogP contribution in [0.2, 0.25) is 0 Å². The molecule has 3 heterocycles. The maximum absolute atomic E-state index is 12.8. The van der Waals surface area contributed by atoms with E-state index >= 15 is 0 Å². The Balaban J connectivity index is 1.30. The second-order valence-corrected chi connectivity index (χ2v) is 9.66. The van der Waals surface area contributed by atoms with Crippen LogP contribution in [0.5, 0.6) is 0 Å². The number of hydrogen-bond donors (Lipinski definition) is 2. The monoisotopic (exact) mass is 494 g/mol. The first-order valence-corrected chi connectivity index (χ1v) is 12.8. The molecule has 0 atom stereocenters. The molecule has 2 amide bonds. The van der Waals surface area contributed by atoms with Crippen molar-refractivity contribution >= 4 is 28.9 Å². The summed E-state index contributed by atoms with van der Waals surface area (Å²) < 4.78 is 0. The van der Waals surface area contributed by atoms with Gasteiger partial charge in [0.25, 0.3) is 5.82 Å². The maximum Gasteiger partial charge on any atom is 0.314 e. The predicted molar refractivity (Wildman–Crippen MR) is 142 cm³/mol. The lowest BCUT2D eigenvalue weighted by Crippen LogP contribution is -2.38. The molecule has 8 heteroatoms. The molecule has 0 saturated carbocycles. The number of aromatic amines is 1. The van der Waals surface area contributed by atoms with Gasteiger partial charge in [0.1, 0.15) is 0 Å². The molecule has 5 rings (SSSR count). The number of likely N-dealkylation sites (tertiary alicyclic amines) is 1. The van der Waals surface area contributed by atoms with Gasteiger partial charge in [-0.15, -0.1) is 0 Å². The van der Waals surface area contributed by atoms with E-state index < -0.39 is 0 Å². The van der Waals surface area contributed by atoms with Gasteiger partial charge >= 0.3 is 5.91 Å². The van der Waals surface area contributed by atoms with E-state index in [0.717, 1.165) is 62.0 Å². The summed E-state index contributed by atoms with van der Waals surface area (Å²) in [6, 6.07) is 10.1. The van der Waals surface area contributed by atoms with Gasteiger partial charge in [-0.2, -0.15) is 0 Å². The number of benzene rings is 1. The molecule has 1 aromatic carbocycles.